The summed E-state index contributed by atoms with van der Waals surface area (Å²) in [4.78, 5) is 36.3. The molecule has 1 aliphatic carbocycles. The molecule has 1 fully saturated rings. The van der Waals surface area contributed by atoms with E-state index in [0.717, 1.165) is 32.1 Å². The number of esters is 1. The Kier molecular flexibility index (Phi) is 10.8. The summed E-state index contributed by atoms with van der Waals surface area (Å²) in [5.74, 6) is -1.21. The fraction of sp³-hybridized carbons (Fsp3) is 0.550. The number of carbonyl (C=O) groups is 3. The quantitative estimate of drug-likeness (QED) is 0.416. The molecule has 0 bridgehead atoms. The highest BCUT2D eigenvalue weighted by molar-refractivity contribution is 7.98. The first-order chi connectivity index (χ1) is 15.2. The Bertz CT molecular complexity index is 889. The molecule has 1 atom stereocenters. The van der Waals surface area contributed by atoms with Crippen molar-refractivity contribution >= 4 is 51.3 Å². The summed E-state index contributed by atoms with van der Waals surface area (Å²) in [5, 5.41) is 5.22. The molecule has 0 aliphatic heterocycles. The van der Waals surface area contributed by atoms with E-state index >= 15 is 0 Å². The molecule has 0 spiro atoms. The number of nitrogens with one attached hydrogen (secondary N) is 3. The van der Waals surface area contributed by atoms with E-state index in [1.54, 1.807) is 0 Å². The van der Waals surface area contributed by atoms with Gasteiger partial charge in [-0.25, -0.2) is 13.2 Å². The Balaban J connectivity index is 1.88. The summed E-state index contributed by atoms with van der Waals surface area (Å²) in [5.41, 5.74) is 0. The van der Waals surface area contributed by atoms with Gasteiger partial charge in [0.15, 0.2) is 6.61 Å². The molecule has 2 rings (SSSR count). The highest BCUT2D eigenvalue weighted by atomic mass is 35.5. The third-order valence-electron chi connectivity index (χ3n) is 4.86. The highest BCUT2D eigenvalue weighted by Crippen LogP contribution is 2.17. The van der Waals surface area contributed by atoms with Crippen molar-refractivity contribution in [3.63, 3.8) is 0 Å². The van der Waals surface area contributed by atoms with Crippen LogP contribution in [0.1, 0.15) is 38.5 Å². The minimum Gasteiger partial charge on any atom is -0.454 e. The average molecular weight is 506 g/mol. The second kappa shape index (κ2) is 13.0. The summed E-state index contributed by atoms with van der Waals surface area (Å²) in [6.07, 6.45) is 6.89. The molecule has 9 nitrogen and oxygen atoms in total. The summed E-state index contributed by atoms with van der Waals surface area (Å²) in [6.45, 7) is -0.699. The molecule has 32 heavy (non-hydrogen) atoms. The summed E-state index contributed by atoms with van der Waals surface area (Å²) in [7, 11) is -4.01. The van der Waals surface area contributed by atoms with Crippen LogP contribution in [0.4, 0.5) is 4.79 Å². The third-order valence-corrected chi connectivity index (χ3v) is 7.24. The predicted molar refractivity (Wildman–Crippen MR) is 123 cm³/mol. The van der Waals surface area contributed by atoms with E-state index < -0.39 is 40.6 Å². The Morgan fingerprint density at radius 3 is 2.44 bits per heavy atom. The zero-order chi connectivity index (χ0) is 23.6. The van der Waals surface area contributed by atoms with E-state index in [0.29, 0.717) is 10.8 Å². The fourth-order valence-corrected chi connectivity index (χ4v) is 5.01. The predicted octanol–water partition coefficient (Wildman–Crippen LogP) is 2.44. The van der Waals surface area contributed by atoms with E-state index in [9.17, 15) is 22.8 Å². The zero-order valence-corrected chi connectivity index (χ0v) is 20.2. The first-order valence-corrected chi connectivity index (χ1v) is 13.5. The number of hydrogen-bond acceptors (Lipinski definition) is 7. The van der Waals surface area contributed by atoms with Gasteiger partial charge < -0.3 is 10.1 Å². The van der Waals surface area contributed by atoms with Crippen molar-refractivity contribution in [3.05, 3.63) is 29.3 Å². The van der Waals surface area contributed by atoms with Gasteiger partial charge in [0.1, 0.15) is 6.04 Å². The lowest BCUT2D eigenvalue weighted by Gasteiger charge is -2.22. The van der Waals surface area contributed by atoms with Crippen LogP contribution in [0.25, 0.3) is 0 Å². The second-order valence-corrected chi connectivity index (χ2v) is 10.5. The number of halogens is 1. The van der Waals surface area contributed by atoms with Gasteiger partial charge in [-0.05, 0) is 55.5 Å². The van der Waals surface area contributed by atoms with Crippen molar-refractivity contribution < 1.29 is 27.5 Å². The number of sulfonamides is 1. The number of urea groups is 1. The van der Waals surface area contributed by atoms with Crippen molar-refractivity contribution in [2.45, 2.75) is 55.5 Å². The molecule has 0 aromatic heterocycles. The van der Waals surface area contributed by atoms with Crippen molar-refractivity contribution in [2.75, 3.05) is 18.6 Å². The molecule has 1 aromatic carbocycles. The van der Waals surface area contributed by atoms with Crippen molar-refractivity contribution in [1.82, 2.24) is 15.4 Å². The molecule has 12 heteroatoms. The molecule has 0 radical (unpaired) electrons. The Hall–Kier alpha value is -1.82. The summed E-state index contributed by atoms with van der Waals surface area (Å²) in [6, 6.07) is 3.69. The topological polar surface area (TPSA) is 131 Å². The van der Waals surface area contributed by atoms with Crippen molar-refractivity contribution in [3.8, 4) is 0 Å². The van der Waals surface area contributed by atoms with Crippen LogP contribution in [0.5, 0.6) is 0 Å². The Morgan fingerprint density at radius 2 is 1.81 bits per heavy atom. The van der Waals surface area contributed by atoms with Gasteiger partial charge in [0.2, 0.25) is 10.0 Å². The average Bonchev–Trinajstić information content (AvgIpc) is 2.75. The maximum Gasteiger partial charge on any atom is 0.324 e. The van der Waals surface area contributed by atoms with E-state index in [-0.39, 0.29) is 17.4 Å². The van der Waals surface area contributed by atoms with Gasteiger partial charge in [-0.3, -0.25) is 14.9 Å². The number of carbonyl (C=O) groups excluding carboxylic acids is 3. The van der Waals surface area contributed by atoms with Crippen LogP contribution in [-0.4, -0.2) is 57.0 Å². The van der Waals surface area contributed by atoms with E-state index in [2.05, 4.69) is 15.4 Å². The lowest BCUT2D eigenvalue weighted by Crippen LogP contribution is -2.47. The van der Waals surface area contributed by atoms with Crippen LogP contribution in [0.3, 0.4) is 0 Å². The standard InChI is InChI=1S/C20H28ClN3O6S2/c1-31-12-11-17(24-32(28,29)16-9-7-14(21)8-10-16)19(26)30-13-18(25)23-20(27)22-15-5-3-2-4-6-15/h7-10,15,17,24H,2-6,11-13H2,1H3,(H2,22,23,25,27). The minimum atomic E-state index is -4.01. The molecule has 1 saturated carbocycles. The molecule has 1 unspecified atom stereocenters. The number of hydrogen-bond donors (Lipinski definition) is 3. The van der Waals surface area contributed by atoms with E-state index in [1.165, 1.54) is 36.0 Å². The largest absolute Gasteiger partial charge is 0.454 e. The van der Waals surface area contributed by atoms with Gasteiger partial charge in [-0.1, -0.05) is 30.9 Å². The zero-order valence-electron chi connectivity index (χ0n) is 17.8. The van der Waals surface area contributed by atoms with Gasteiger partial charge in [-0.15, -0.1) is 0 Å². The number of amides is 3. The maximum absolute atomic E-state index is 12.6. The second-order valence-electron chi connectivity index (χ2n) is 7.37. The van der Waals surface area contributed by atoms with Crippen molar-refractivity contribution in [1.29, 1.82) is 0 Å². The third kappa shape index (κ3) is 8.97. The van der Waals surface area contributed by atoms with Crippen LogP contribution in [-0.2, 0) is 24.3 Å². The lowest BCUT2D eigenvalue weighted by molar-refractivity contribution is -0.150. The van der Waals surface area contributed by atoms with E-state index in [1.807, 2.05) is 6.26 Å². The number of benzene rings is 1. The number of rotatable bonds is 10. The molecule has 0 saturated heterocycles. The first-order valence-electron chi connectivity index (χ1n) is 10.2. The fourth-order valence-electron chi connectivity index (χ4n) is 3.20. The normalized spacial score (nSPS) is 15.6. The van der Waals surface area contributed by atoms with Crippen molar-refractivity contribution in [2.24, 2.45) is 0 Å². The first kappa shape index (κ1) is 26.4. The molecular weight excluding hydrogens is 478 g/mol. The van der Waals surface area contributed by atoms with Crippen LogP contribution >= 0.6 is 23.4 Å². The lowest BCUT2D eigenvalue weighted by atomic mass is 9.96. The number of ether oxygens (including phenoxy) is 1. The molecule has 0 heterocycles. The van der Waals surface area contributed by atoms with Gasteiger partial charge in [0.25, 0.3) is 5.91 Å². The van der Waals surface area contributed by atoms with Gasteiger partial charge in [0.05, 0.1) is 4.90 Å². The van der Waals surface area contributed by atoms with Crippen LogP contribution in [0.15, 0.2) is 29.2 Å². The SMILES string of the molecule is CSCCC(NS(=O)(=O)c1ccc(Cl)cc1)C(=O)OCC(=O)NC(=O)NC1CCCCC1. The van der Waals surface area contributed by atoms with Crippen LogP contribution < -0.4 is 15.4 Å². The highest BCUT2D eigenvalue weighted by Gasteiger charge is 2.27. The monoisotopic (exact) mass is 505 g/mol. The molecule has 1 aliphatic rings. The molecule has 3 N–H and O–H groups in total. The van der Waals surface area contributed by atoms with Gasteiger partial charge in [0, 0.05) is 11.1 Å². The minimum absolute atomic E-state index is 0.0253. The molecule has 178 valence electrons. The van der Waals surface area contributed by atoms with Crippen LogP contribution in [0, 0.1) is 0 Å². The number of imide groups is 1. The van der Waals surface area contributed by atoms with Crippen LogP contribution in [0.2, 0.25) is 5.02 Å². The summed E-state index contributed by atoms with van der Waals surface area (Å²) < 4.78 is 32.5. The Morgan fingerprint density at radius 1 is 1.16 bits per heavy atom. The number of thioether (sulfide) groups is 1. The molecule has 1 aromatic rings. The maximum atomic E-state index is 12.6. The molecular formula is C20H28ClN3O6S2. The molecule has 3 amide bonds. The van der Waals surface area contributed by atoms with E-state index in [4.69, 9.17) is 16.3 Å². The smallest absolute Gasteiger partial charge is 0.324 e. The van der Waals surface area contributed by atoms with Gasteiger partial charge in [-0.2, -0.15) is 16.5 Å². The van der Waals surface area contributed by atoms with Gasteiger partial charge >= 0.3 is 12.0 Å². The summed E-state index contributed by atoms with van der Waals surface area (Å²) >= 11 is 7.22. The Labute approximate surface area is 197 Å².